The summed E-state index contributed by atoms with van der Waals surface area (Å²) < 4.78 is 5.19. The minimum absolute atomic E-state index is 0.0904. The second kappa shape index (κ2) is 3.78. The second-order valence-electron chi connectivity index (χ2n) is 2.25. The van der Waals surface area contributed by atoms with Gasteiger partial charge in [-0.15, -0.1) is 11.6 Å². The molecule has 0 aliphatic carbocycles. The molecular weight excluding hydrogens is 136 g/mol. The molecule has 0 radical (unpaired) electrons. The zero-order valence-corrected chi connectivity index (χ0v) is 6.90. The van der Waals surface area contributed by atoms with E-state index in [-0.39, 0.29) is 11.5 Å². The van der Waals surface area contributed by atoms with Gasteiger partial charge in [-0.25, -0.2) is 0 Å². The van der Waals surface area contributed by atoms with Crippen molar-refractivity contribution in [1.29, 1.82) is 0 Å². The van der Waals surface area contributed by atoms with Crippen LogP contribution < -0.4 is 0 Å². The van der Waals surface area contributed by atoms with Crippen LogP contribution in [0.3, 0.4) is 0 Å². The molecule has 0 N–H and O–H groups in total. The number of rotatable bonds is 3. The molecule has 0 amide bonds. The lowest BCUT2D eigenvalue weighted by Crippen LogP contribution is -2.07. The molecule has 0 fully saturated rings. The normalized spacial score (nSPS) is 13.4. The molecule has 0 aliphatic rings. The smallest absolute Gasteiger partial charge is 0.107 e. The van der Waals surface area contributed by atoms with Gasteiger partial charge in [0.2, 0.25) is 0 Å². The Morgan fingerprint density at radius 1 is 1.44 bits per heavy atom. The minimum atomic E-state index is -0.0904. The predicted molar refractivity (Wildman–Crippen MR) is 40.7 cm³/mol. The van der Waals surface area contributed by atoms with E-state index >= 15 is 0 Å². The van der Waals surface area contributed by atoms with Crippen LogP contribution in [0.25, 0.3) is 0 Å². The van der Waals surface area contributed by atoms with Gasteiger partial charge in [0, 0.05) is 0 Å². The van der Waals surface area contributed by atoms with Crippen LogP contribution in [0.4, 0.5) is 0 Å². The predicted octanol–water partition coefficient (Wildman–Crippen LogP) is 2.55. The van der Waals surface area contributed by atoms with E-state index in [0.717, 1.165) is 0 Å². The summed E-state index contributed by atoms with van der Waals surface area (Å²) in [6.45, 7) is 9.38. The Labute approximate surface area is 61.7 Å². The number of hydrogen-bond donors (Lipinski definition) is 0. The van der Waals surface area contributed by atoms with E-state index in [2.05, 4.69) is 6.58 Å². The molecule has 1 unspecified atom stereocenters. The molecule has 0 rings (SSSR count). The van der Waals surface area contributed by atoms with E-state index in [1.54, 1.807) is 0 Å². The highest BCUT2D eigenvalue weighted by Crippen LogP contribution is 2.09. The van der Waals surface area contributed by atoms with Crippen LogP contribution in [-0.2, 0) is 4.74 Å². The molecule has 0 aromatic heterocycles. The lowest BCUT2D eigenvalue weighted by Gasteiger charge is -2.13. The molecule has 0 saturated carbocycles. The summed E-state index contributed by atoms with van der Waals surface area (Å²) in [6, 6.07) is 0. The largest absolute Gasteiger partial charge is 0.494 e. The molecule has 0 saturated heterocycles. The summed E-state index contributed by atoms with van der Waals surface area (Å²) in [5, 5.41) is -0.0904. The highest BCUT2D eigenvalue weighted by Gasteiger charge is 2.03. The first kappa shape index (κ1) is 8.83. The third kappa shape index (κ3) is 4.34. The first-order valence-corrected chi connectivity index (χ1v) is 3.47. The molecular formula is C7H13ClO. The fourth-order valence-electron chi connectivity index (χ4n) is 0.397. The molecule has 0 aromatic carbocycles. The van der Waals surface area contributed by atoms with Gasteiger partial charge in [-0.3, -0.25) is 0 Å². The molecule has 0 heterocycles. The van der Waals surface area contributed by atoms with Gasteiger partial charge in [0.15, 0.2) is 0 Å². The number of allylic oxidation sites excluding steroid dienone is 1. The van der Waals surface area contributed by atoms with Crippen LogP contribution in [0.15, 0.2) is 12.3 Å². The number of halogens is 1. The molecule has 0 bridgehead atoms. The Hall–Kier alpha value is -0.170. The van der Waals surface area contributed by atoms with Crippen LogP contribution in [0.2, 0.25) is 0 Å². The molecule has 1 atom stereocenters. The summed E-state index contributed by atoms with van der Waals surface area (Å²) in [7, 11) is 0. The summed E-state index contributed by atoms with van der Waals surface area (Å²) in [5.41, 5.74) is 0. The maximum Gasteiger partial charge on any atom is 0.107 e. The van der Waals surface area contributed by atoms with Crippen molar-refractivity contribution >= 4 is 11.6 Å². The van der Waals surface area contributed by atoms with E-state index in [0.29, 0.717) is 5.76 Å². The van der Waals surface area contributed by atoms with Crippen LogP contribution in [0.1, 0.15) is 20.8 Å². The van der Waals surface area contributed by atoms with Gasteiger partial charge >= 0.3 is 0 Å². The molecule has 0 aliphatic heterocycles. The van der Waals surface area contributed by atoms with Crippen LogP contribution in [0.5, 0.6) is 0 Å². The number of ether oxygens (including phenoxy) is 1. The Balaban J connectivity index is 3.51. The molecule has 54 valence electrons. The fraction of sp³-hybridized carbons (Fsp3) is 0.714. The van der Waals surface area contributed by atoms with Gasteiger partial charge < -0.3 is 4.74 Å². The summed E-state index contributed by atoms with van der Waals surface area (Å²) in [6.07, 6.45) is 0.179. The third-order valence-electron chi connectivity index (χ3n) is 0.831. The molecule has 9 heavy (non-hydrogen) atoms. The average Bonchev–Trinajstić information content (AvgIpc) is 1.63. The van der Waals surface area contributed by atoms with Crippen molar-refractivity contribution in [2.75, 3.05) is 0 Å². The Morgan fingerprint density at radius 3 is 2.00 bits per heavy atom. The summed E-state index contributed by atoms with van der Waals surface area (Å²) in [4.78, 5) is 0. The van der Waals surface area contributed by atoms with Crippen molar-refractivity contribution in [3.05, 3.63) is 12.3 Å². The second-order valence-corrected chi connectivity index (χ2v) is 2.90. The molecule has 1 nitrogen and oxygen atoms in total. The number of alkyl halides is 1. The zero-order chi connectivity index (χ0) is 7.44. The standard InChI is InChI=1S/C7H13ClO/c1-5(2)9-7(4)6(3)8/h5-6H,4H2,1-3H3. The van der Waals surface area contributed by atoms with Crippen LogP contribution in [0, 0.1) is 0 Å². The van der Waals surface area contributed by atoms with E-state index < -0.39 is 0 Å². The zero-order valence-electron chi connectivity index (χ0n) is 6.15. The van der Waals surface area contributed by atoms with E-state index in [9.17, 15) is 0 Å². The minimum Gasteiger partial charge on any atom is -0.494 e. The quantitative estimate of drug-likeness (QED) is 0.442. The van der Waals surface area contributed by atoms with Gasteiger partial charge in [0.1, 0.15) is 5.76 Å². The van der Waals surface area contributed by atoms with Crippen molar-refractivity contribution < 1.29 is 4.74 Å². The van der Waals surface area contributed by atoms with E-state index in [1.165, 1.54) is 0 Å². The number of hydrogen-bond acceptors (Lipinski definition) is 1. The van der Waals surface area contributed by atoms with Crippen LogP contribution in [-0.4, -0.2) is 11.5 Å². The maximum atomic E-state index is 5.65. The monoisotopic (exact) mass is 148 g/mol. The Morgan fingerprint density at radius 2 is 1.89 bits per heavy atom. The van der Waals surface area contributed by atoms with E-state index in [4.69, 9.17) is 16.3 Å². The Kier molecular flexibility index (Phi) is 3.71. The van der Waals surface area contributed by atoms with Crippen LogP contribution >= 0.6 is 11.6 Å². The first-order chi connectivity index (χ1) is 4.04. The topological polar surface area (TPSA) is 9.23 Å². The van der Waals surface area contributed by atoms with Gasteiger partial charge in [0.05, 0.1) is 11.5 Å². The van der Waals surface area contributed by atoms with Crippen molar-refractivity contribution in [1.82, 2.24) is 0 Å². The fourth-order valence-corrected chi connectivity index (χ4v) is 0.448. The summed E-state index contributed by atoms with van der Waals surface area (Å²) in [5.74, 6) is 0.645. The molecule has 2 heteroatoms. The van der Waals surface area contributed by atoms with Gasteiger partial charge in [-0.1, -0.05) is 6.58 Å². The average molecular weight is 149 g/mol. The van der Waals surface area contributed by atoms with Crippen molar-refractivity contribution in [2.24, 2.45) is 0 Å². The molecule has 0 spiro atoms. The lowest BCUT2D eigenvalue weighted by molar-refractivity contribution is 0.144. The molecule has 0 aromatic rings. The Bertz CT molecular complexity index is 97.1. The SMILES string of the molecule is C=C(OC(C)C)C(C)Cl. The van der Waals surface area contributed by atoms with Crippen molar-refractivity contribution in [3.63, 3.8) is 0 Å². The maximum absolute atomic E-state index is 5.65. The third-order valence-corrected chi connectivity index (χ3v) is 1.07. The lowest BCUT2D eigenvalue weighted by atomic mass is 10.4. The van der Waals surface area contributed by atoms with Gasteiger partial charge in [-0.05, 0) is 20.8 Å². The van der Waals surface area contributed by atoms with Gasteiger partial charge in [0.25, 0.3) is 0 Å². The van der Waals surface area contributed by atoms with Crippen molar-refractivity contribution in [2.45, 2.75) is 32.3 Å². The van der Waals surface area contributed by atoms with Gasteiger partial charge in [-0.2, -0.15) is 0 Å². The highest BCUT2D eigenvalue weighted by atomic mass is 35.5. The van der Waals surface area contributed by atoms with E-state index in [1.807, 2.05) is 20.8 Å². The summed E-state index contributed by atoms with van der Waals surface area (Å²) >= 11 is 5.65. The first-order valence-electron chi connectivity index (χ1n) is 3.03. The van der Waals surface area contributed by atoms with Crippen molar-refractivity contribution in [3.8, 4) is 0 Å². The highest BCUT2D eigenvalue weighted by molar-refractivity contribution is 6.21.